The van der Waals surface area contributed by atoms with Crippen LogP contribution < -0.4 is 5.32 Å². The Balaban J connectivity index is 3.07. The number of nitrogens with one attached hydrogen (secondary N) is 1. The number of anilines is 1. The van der Waals surface area contributed by atoms with E-state index in [4.69, 9.17) is 16.7 Å². The summed E-state index contributed by atoms with van der Waals surface area (Å²) in [5, 5.41) is 10.2. The monoisotopic (exact) mass is 267 g/mol. The van der Waals surface area contributed by atoms with Gasteiger partial charge in [-0.05, 0) is 18.2 Å². The van der Waals surface area contributed by atoms with Crippen LogP contribution in [0.2, 0.25) is 5.02 Å². The molecular formula is C9H5ClF3NO3. The van der Waals surface area contributed by atoms with E-state index in [1.165, 1.54) is 11.4 Å². The van der Waals surface area contributed by atoms with E-state index in [1.807, 2.05) is 0 Å². The molecular weight excluding hydrogens is 263 g/mol. The number of carbonyl (C=O) groups excluding carboxylic acids is 1. The van der Waals surface area contributed by atoms with Gasteiger partial charge in [0.1, 0.15) is 0 Å². The lowest BCUT2D eigenvalue weighted by Gasteiger charge is -2.10. The number of carboxylic acid groups (broad SMARTS) is 1. The number of rotatable bonds is 2. The van der Waals surface area contributed by atoms with Gasteiger partial charge in [0, 0.05) is 5.02 Å². The van der Waals surface area contributed by atoms with Crippen molar-refractivity contribution in [2.45, 2.75) is 6.18 Å². The van der Waals surface area contributed by atoms with Crippen molar-refractivity contribution in [2.24, 2.45) is 0 Å². The third-order valence-electron chi connectivity index (χ3n) is 1.72. The van der Waals surface area contributed by atoms with Crippen molar-refractivity contribution in [3.8, 4) is 0 Å². The summed E-state index contributed by atoms with van der Waals surface area (Å²) in [6, 6.07) is 3.09. The van der Waals surface area contributed by atoms with Crippen molar-refractivity contribution < 1.29 is 27.9 Å². The zero-order valence-electron chi connectivity index (χ0n) is 8.01. The summed E-state index contributed by atoms with van der Waals surface area (Å²) in [5.41, 5.74) is -0.987. The van der Waals surface area contributed by atoms with Crippen LogP contribution in [0.25, 0.3) is 0 Å². The van der Waals surface area contributed by atoms with Crippen LogP contribution >= 0.6 is 11.6 Å². The molecule has 0 aromatic heterocycles. The maximum atomic E-state index is 12.0. The first kappa shape index (κ1) is 13.3. The van der Waals surface area contributed by atoms with Gasteiger partial charge in [0.25, 0.3) is 0 Å². The van der Waals surface area contributed by atoms with Crippen LogP contribution in [0.5, 0.6) is 0 Å². The summed E-state index contributed by atoms with van der Waals surface area (Å²) in [7, 11) is 0. The topological polar surface area (TPSA) is 66.4 Å². The van der Waals surface area contributed by atoms with Crippen LogP contribution in [-0.4, -0.2) is 23.2 Å². The van der Waals surface area contributed by atoms with Gasteiger partial charge >= 0.3 is 18.1 Å². The molecule has 0 aliphatic carbocycles. The molecule has 0 radical (unpaired) electrons. The second kappa shape index (κ2) is 4.62. The molecule has 1 amide bonds. The first-order chi connectivity index (χ1) is 7.71. The van der Waals surface area contributed by atoms with E-state index in [0.29, 0.717) is 0 Å². The minimum Gasteiger partial charge on any atom is -0.478 e. The number of alkyl halides is 3. The molecule has 4 nitrogen and oxygen atoms in total. The molecule has 0 saturated carbocycles. The third kappa shape index (κ3) is 3.35. The molecule has 17 heavy (non-hydrogen) atoms. The molecule has 0 aliphatic rings. The van der Waals surface area contributed by atoms with Crippen LogP contribution in [0, 0.1) is 0 Å². The molecule has 0 atom stereocenters. The van der Waals surface area contributed by atoms with Crippen LogP contribution in [0.3, 0.4) is 0 Å². The molecule has 0 saturated heterocycles. The highest BCUT2D eigenvalue weighted by Crippen LogP contribution is 2.23. The summed E-state index contributed by atoms with van der Waals surface area (Å²) in [6.45, 7) is 0. The average Bonchev–Trinajstić information content (AvgIpc) is 2.18. The smallest absolute Gasteiger partial charge is 0.471 e. The van der Waals surface area contributed by atoms with E-state index < -0.39 is 29.3 Å². The second-order valence-corrected chi connectivity index (χ2v) is 3.38. The summed E-state index contributed by atoms with van der Waals surface area (Å²) < 4.78 is 35.9. The number of carboxylic acids is 1. The molecule has 1 aromatic carbocycles. The van der Waals surface area contributed by atoms with Gasteiger partial charge in [0.2, 0.25) is 0 Å². The summed E-state index contributed by atoms with van der Waals surface area (Å²) in [4.78, 5) is 21.3. The Morgan fingerprint density at radius 1 is 1.29 bits per heavy atom. The highest BCUT2D eigenvalue weighted by atomic mass is 35.5. The predicted molar refractivity (Wildman–Crippen MR) is 53.1 cm³/mol. The zero-order valence-corrected chi connectivity index (χ0v) is 8.76. The van der Waals surface area contributed by atoms with E-state index in [1.54, 1.807) is 0 Å². The van der Waals surface area contributed by atoms with E-state index >= 15 is 0 Å². The van der Waals surface area contributed by atoms with Crippen LogP contribution in [0.15, 0.2) is 18.2 Å². The third-order valence-corrected chi connectivity index (χ3v) is 1.95. The Labute approximate surface area is 98.0 Å². The van der Waals surface area contributed by atoms with Crippen LogP contribution in [0.1, 0.15) is 10.4 Å². The highest BCUT2D eigenvalue weighted by Gasteiger charge is 2.39. The number of hydrogen-bond acceptors (Lipinski definition) is 2. The van der Waals surface area contributed by atoms with Crippen molar-refractivity contribution in [1.29, 1.82) is 0 Å². The SMILES string of the molecule is O=C(O)c1cc(Cl)ccc1NC(=O)C(F)(F)F. The molecule has 1 rings (SSSR count). The number of amides is 1. The lowest BCUT2D eigenvalue weighted by atomic mass is 10.2. The van der Waals surface area contributed by atoms with Gasteiger partial charge in [-0.1, -0.05) is 11.6 Å². The molecule has 2 N–H and O–H groups in total. The van der Waals surface area contributed by atoms with E-state index in [9.17, 15) is 22.8 Å². The summed E-state index contributed by atoms with van der Waals surface area (Å²) >= 11 is 5.49. The fourth-order valence-corrected chi connectivity index (χ4v) is 1.17. The van der Waals surface area contributed by atoms with E-state index in [0.717, 1.165) is 12.1 Å². The fraction of sp³-hybridized carbons (Fsp3) is 0.111. The number of halogens is 4. The molecule has 1 aromatic rings. The van der Waals surface area contributed by atoms with Gasteiger partial charge in [0.15, 0.2) is 0 Å². The second-order valence-electron chi connectivity index (χ2n) is 2.95. The quantitative estimate of drug-likeness (QED) is 0.865. The Hall–Kier alpha value is -1.76. The van der Waals surface area contributed by atoms with Crippen molar-refractivity contribution in [3.63, 3.8) is 0 Å². The number of carbonyl (C=O) groups is 2. The maximum absolute atomic E-state index is 12.0. The molecule has 0 spiro atoms. The molecule has 8 heteroatoms. The van der Waals surface area contributed by atoms with Crippen LogP contribution in [-0.2, 0) is 4.79 Å². The largest absolute Gasteiger partial charge is 0.478 e. The first-order valence-electron chi connectivity index (χ1n) is 4.13. The standard InChI is InChI=1S/C9H5ClF3NO3/c10-4-1-2-6(5(3-4)7(15)16)14-8(17)9(11,12)13/h1-3H,(H,14,17)(H,15,16). The maximum Gasteiger partial charge on any atom is 0.471 e. The Kier molecular flexibility index (Phi) is 3.62. The minimum atomic E-state index is -5.09. The van der Waals surface area contributed by atoms with Crippen molar-refractivity contribution >= 4 is 29.2 Å². The van der Waals surface area contributed by atoms with Crippen molar-refractivity contribution in [1.82, 2.24) is 0 Å². The predicted octanol–water partition coefficient (Wildman–Crippen LogP) is 2.54. The number of hydrogen-bond donors (Lipinski definition) is 2. The van der Waals surface area contributed by atoms with Gasteiger partial charge in [-0.3, -0.25) is 4.79 Å². The lowest BCUT2D eigenvalue weighted by molar-refractivity contribution is -0.167. The van der Waals surface area contributed by atoms with E-state index in [2.05, 4.69) is 0 Å². The van der Waals surface area contributed by atoms with Gasteiger partial charge in [-0.2, -0.15) is 13.2 Å². The molecule has 0 fully saturated rings. The molecule has 0 bridgehead atoms. The van der Waals surface area contributed by atoms with Gasteiger partial charge in [0.05, 0.1) is 11.3 Å². The first-order valence-corrected chi connectivity index (χ1v) is 4.50. The Morgan fingerprint density at radius 3 is 2.35 bits per heavy atom. The normalized spacial score (nSPS) is 11.1. The summed E-state index contributed by atoms with van der Waals surface area (Å²) in [6.07, 6.45) is -5.09. The highest BCUT2D eigenvalue weighted by molar-refractivity contribution is 6.31. The molecule has 0 unspecified atom stereocenters. The van der Waals surface area contributed by atoms with Crippen molar-refractivity contribution in [2.75, 3.05) is 5.32 Å². The van der Waals surface area contributed by atoms with Crippen LogP contribution in [0.4, 0.5) is 18.9 Å². The molecule has 0 heterocycles. The Bertz CT molecular complexity index is 473. The van der Waals surface area contributed by atoms with Crippen molar-refractivity contribution in [3.05, 3.63) is 28.8 Å². The molecule has 92 valence electrons. The summed E-state index contributed by atoms with van der Waals surface area (Å²) in [5.74, 6) is -3.74. The van der Waals surface area contributed by atoms with E-state index in [-0.39, 0.29) is 5.02 Å². The Morgan fingerprint density at radius 2 is 1.88 bits per heavy atom. The number of aromatic carboxylic acids is 1. The number of benzene rings is 1. The van der Waals surface area contributed by atoms with Gasteiger partial charge < -0.3 is 10.4 Å². The molecule has 0 aliphatic heterocycles. The fourth-order valence-electron chi connectivity index (χ4n) is 0.996. The minimum absolute atomic E-state index is 0.0346. The van der Waals surface area contributed by atoms with Gasteiger partial charge in [-0.15, -0.1) is 0 Å². The zero-order chi connectivity index (χ0) is 13.2. The average molecular weight is 268 g/mol. The van der Waals surface area contributed by atoms with Gasteiger partial charge in [-0.25, -0.2) is 4.79 Å². The lowest BCUT2D eigenvalue weighted by Crippen LogP contribution is -2.30.